The molecule has 2 aliphatic rings. The van der Waals surface area contributed by atoms with Crippen LogP contribution in [-0.2, 0) is 4.79 Å². The van der Waals surface area contributed by atoms with Crippen molar-refractivity contribution in [1.82, 2.24) is 5.32 Å². The fourth-order valence-electron chi connectivity index (χ4n) is 3.33. The molecule has 3 nitrogen and oxygen atoms in total. The van der Waals surface area contributed by atoms with E-state index in [0.29, 0.717) is 5.02 Å². The molecule has 5 heteroatoms. The first-order valence-corrected chi connectivity index (χ1v) is 8.50. The summed E-state index contributed by atoms with van der Waals surface area (Å²) in [6.45, 7) is 0. The molecule has 2 saturated heterocycles. The van der Waals surface area contributed by atoms with Gasteiger partial charge >= 0.3 is 0 Å². The van der Waals surface area contributed by atoms with Crippen LogP contribution in [0.15, 0.2) is 54.6 Å². The second-order valence-electron chi connectivity index (χ2n) is 5.65. The highest BCUT2D eigenvalue weighted by Crippen LogP contribution is 2.43. The minimum atomic E-state index is -0.120. The SMILES string of the molecule is O=C1[C@@H]2N[C@H](c3ccccc3)[C@@H](Br)[C@@H]2N1c1ccc(Cl)cc1. The van der Waals surface area contributed by atoms with E-state index < -0.39 is 0 Å². The van der Waals surface area contributed by atoms with Gasteiger partial charge in [0.2, 0.25) is 5.91 Å². The average Bonchev–Trinajstić information content (AvgIpc) is 2.84. The van der Waals surface area contributed by atoms with Crippen LogP contribution >= 0.6 is 27.5 Å². The second-order valence-corrected chi connectivity index (χ2v) is 7.15. The van der Waals surface area contributed by atoms with Crippen LogP contribution in [-0.4, -0.2) is 22.8 Å². The Hall–Kier alpha value is -1.36. The van der Waals surface area contributed by atoms with Crippen molar-refractivity contribution in [2.24, 2.45) is 0 Å². The Morgan fingerprint density at radius 1 is 1.00 bits per heavy atom. The number of benzene rings is 2. The highest BCUT2D eigenvalue weighted by Gasteiger charge is 2.58. The van der Waals surface area contributed by atoms with Gasteiger partial charge in [0.15, 0.2) is 0 Å². The van der Waals surface area contributed by atoms with Crippen molar-refractivity contribution < 1.29 is 4.79 Å². The molecule has 0 unspecified atom stereocenters. The Kier molecular flexibility index (Phi) is 3.48. The van der Waals surface area contributed by atoms with E-state index in [1.807, 2.05) is 47.4 Å². The molecule has 2 aliphatic heterocycles. The molecule has 1 N–H and O–H groups in total. The van der Waals surface area contributed by atoms with Crippen LogP contribution in [0.4, 0.5) is 5.69 Å². The quantitative estimate of drug-likeness (QED) is 0.641. The van der Waals surface area contributed by atoms with E-state index in [4.69, 9.17) is 11.6 Å². The predicted octanol–water partition coefficient (Wildman–Crippen LogP) is 3.53. The fourth-order valence-corrected chi connectivity index (χ4v) is 4.46. The number of carbonyl (C=O) groups excluding carboxylic acids is 1. The lowest BCUT2D eigenvalue weighted by atomic mass is 9.93. The lowest BCUT2D eigenvalue weighted by Gasteiger charge is -2.44. The van der Waals surface area contributed by atoms with E-state index in [0.717, 1.165) is 5.69 Å². The van der Waals surface area contributed by atoms with Crippen molar-refractivity contribution in [1.29, 1.82) is 0 Å². The molecule has 0 aliphatic carbocycles. The number of β-lactam (4-membered cyclic amide) rings is 1. The summed E-state index contributed by atoms with van der Waals surface area (Å²) in [5, 5.41) is 4.13. The van der Waals surface area contributed by atoms with Gasteiger partial charge in [-0.15, -0.1) is 0 Å². The van der Waals surface area contributed by atoms with Crippen molar-refractivity contribution in [3.05, 3.63) is 65.2 Å². The van der Waals surface area contributed by atoms with Crippen LogP contribution in [0.1, 0.15) is 11.6 Å². The smallest absolute Gasteiger partial charge is 0.246 e. The second kappa shape index (κ2) is 5.37. The molecule has 0 saturated carbocycles. The lowest BCUT2D eigenvalue weighted by Crippen LogP contribution is -2.67. The zero-order chi connectivity index (χ0) is 15.3. The van der Waals surface area contributed by atoms with Crippen molar-refractivity contribution in [3.8, 4) is 0 Å². The van der Waals surface area contributed by atoms with E-state index in [1.54, 1.807) is 0 Å². The number of nitrogens with zero attached hydrogens (tertiary/aromatic N) is 1. The maximum absolute atomic E-state index is 12.5. The number of hydrogen-bond donors (Lipinski definition) is 1. The summed E-state index contributed by atoms with van der Waals surface area (Å²) in [4.78, 5) is 14.5. The van der Waals surface area contributed by atoms with Crippen molar-refractivity contribution in [2.45, 2.75) is 23.0 Å². The Labute approximate surface area is 142 Å². The Morgan fingerprint density at radius 2 is 1.68 bits per heavy atom. The Morgan fingerprint density at radius 3 is 2.36 bits per heavy atom. The third kappa shape index (κ3) is 2.09. The number of rotatable bonds is 2. The predicted molar refractivity (Wildman–Crippen MR) is 91.5 cm³/mol. The average molecular weight is 378 g/mol. The fraction of sp³-hybridized carbons (Fsp3) is 0.235. The third-order valence-corrected chi connectivity index (χ3v) is 5.73. The molecule has 0 radical (unpaired) electrons. The van der Waals surface area contributed by atoms with Crippen molar-refractivity contribution in [3.63, 3.8) is 0 Å². The molecule has 2 fully saturated rings. The van der Waals surface area contributed by atoms with Gasteiger partial charge in [0, 0.05) is 16.8 Å². The summed E-state index contributed by atoms with van der Waals surface area (Å²) in [6.07, 6.45) is 0. The van der Waals surface area contributed by atoms with Gasteiger partial charge in [0.05, 0.1) is 10.9 Å². The lowest BCUT2D eigenvalue weighted by molar-refractivity contribution is -0.125. The van der Waals surface area contributed by atoms with E-state index >= 15 is 0 Å². The molecule has 0 bridgehead atoms. The molecule has 2 aromatic rings. The molecule has 2 aromatic carbocycles. The van der Waals surface area contributed by atoms with Gasteiger partial charge in [-0.1, -0.05) is 57.9 Å². The third-order valence-electron chi connectivity index (χ3n) is 4.41. The Bertz CT molecular complexity index is 706. The number of hydrogen-bond acceptors (Lipinski definition) is 2. The van der Waals surface area contributed by atoms with Crippen molar-refractivity contribution >= 4 is 39.1 Å². The standard InChI is InChI=1S/C17H14BrClN2O/c18-13-14(10-4-2-1-3-5-10)20-15-16(13)21(17(15)22)12-8-6-11(19)7-9-12/h1-9,13-16,20H/t13-,14-,15-,16+/m1/s1. The number of carbonyl (C=O) groups is 1. The summed E-state index contributed by atoms with van der Waals surface area (Å²) in [6, 6.07) is 17.8. The summed E-state index contributed by atoms with van der Waals surface area (Å²) in [7, 11) is 0. The van der Waals surface area contributed by atoms with Gasteiger partial charge in [-0.05, 0) is 29.8 Å². The van der Waals surface area contributed by atoms with E-state index in [9.17, 15) is 4.79 Å². The van der Waals surface area contributed by atoms with E-state index in [-0.39, 0.29) is 28.9 Å². The van der Waals surface area contributed by atoms with Crippen LogP contribution < -0.4 is 10.2 Å². The summed E-state index contributed by atoms with van der Waals surface area (Å²) >= 11 is 9.73. The highest BCUT2D eigenvalue weighted by molar-refractivity contribution is 9.09. The normalized spacial score (nSPS) is 30.1. The van der Waals surface area contributed by atoms with E-state index in [2.05, 4.69) is 33.4 Å². The number of anilines is 1. The van der Waals surface area contributed by atoms with Gasteiger partial charge in [0.25, 0.3) is 0 Å². The van der Waals surface area contributed by atoms with Gasteiger partial charge < -0.3 is 4.90 Å². The number of amides is 1. The first-order chi connectivity index (χ1) is 10.7. The molecule has 4 atom stereocenters. The van der Waals surface area contributed by atoms with Crippen LogP contribution in [0.3, 0.4) is 0 Å². The highest BCUT2D eigenvalue weighted by atomic mass is 79.9. The molecule has 22 heavy (non-hydrogen) atoms. The van der Waals surface area contributed by atoms with Gasteiger partial charge in [-0.3, -0.25) is 10.1 Å². The van der Waals surface area contributed by atoms with Gasteiger partial charge in [-0.25, -0.2) is 0 Å². The van der Waals surface area contributed by atoms with Gasteiger partial charge in [0.1, 0.15) is 6.04 Å². The van der Waals surface area contributed by atoms with Crippen LogP contribution in [0.25, 0.3) is 0 Å². The topological polar surface area (TPSA) is 32.3 Å². The maximum atomic E-state index is 12.5. The van der Waals surface area contributed by atoms with Gasteiger partial charge in [-0.2, -0.15) is 0 Å². The van der Waals surface area contributed by atoms with Crippen LogP contribution in [0.2, 0.25) is 5.02 Å². The molecular weight excluding hydrogens is 364 g/mol. The van der Waals surface area contributed by atoms with Crippen molar-refractivity contribution in [2.75, 3.05) is 4.90 Å². The zero-order valence-electron chi connectivity index (χ0n) is 11.6. The minimum absolute atomic E-state index is 0.120. The molecule has 2 heterocycles. The number of halogens is 2. The zero-order valence-corrected chi connectivity index (χ0v) is 14.0. The number of alkyl halides is 1. The monoisotopic (exact) mass is 376 g/mol. The molecule has 0 spiro atoms. The summed E-state index contributed by atoms with van der Waals surface area (Å²) in [5.74, 6) is 0.121. The summed E-state index contributed by atoms with van der Waals surface area (Å²) in [5.41, 5.74) is 2.10. The minimum Gasteiger partial charge on any atom is -0.305 e. The molecule has 1 amide bonds. The van der Waals surface area contributed by atoms with Crippen LogP contribution in [0.5, 0.6) is 0 Å². The number of fused-ring (bicyclic) bond motifs is 1. The number of nitrogens with one attached hydrogen (secondary N) is 1. The van der Waals surface area contributed by atoms with Crippen LogP contribution in [0, 0.1) is 0 Å². The molecule has 4 rings (SSSR count). The largest absolute Gasteiger partial charge is 0.305 e. The molecule has 112 valence electrons. The first-order valence-electron chi connectivity index (χ1n) is 7.20. The molecular formula is C17H14BrClN2O. The first kappa shape index (κ1) is 14.2. The van der Waals surface area contributed by atoms with E-state index in [1.165, 1.54) is 5.56 Å². The maximum Gasteiger partial charge on any atom is 0.246 e. The summed E-state index contributed by atoms with van der Waals surface area (Å²) < 4.78 is 0. The molecule has 0 aromatic heterocycles. The Balaban J connectivity index is 1.62.